The van der Waals surface area contributed by atoms with Crippen LogP contribution in [0.4, 0.5) is 8.22 Å². The summed E-state index contributed by atoms with van der Waals surface area (Å²) in [5.74, 6) is 0. The maximum Gasteiger partial charge on any atom is 0.452 e. The van der Waals surface area contributed by atoms with Gasteiger partial charge in [0.2, 0.25) is 6.71 Å². The second kappa shape index (κ2) is 7.91. The van der Waals surface area contributed by atoms with Gasteiger partial charge in [-0.05, 0) is 53.3 Å². The molecule has 0 atom stereocenters. The minimum atomic E-state index is -4.50. The van der Waals surface area contributed by atoms with Gasteiger partial charge in [-0.2, -0.15) is 0 Å². The van der Waals surface area contributed by atoms with Crippen molar-refractivity contribution in [2.75, 3.05) is 0 Å². The van der Waals surface area contributed by atoms with E-state index in [1.165, 1.54) is 11.1 Å². The molecule has 0 aliphatic rings. The van der Waals surface area contributed by atoms with Gasteiger partial charge in [0.05, 0.1) is 0 Å². The molecule has 3 aromatic carbocycles. The molecule has 0 nitrogen and oxygen atoms in total. The van der Waals surface area contributed by atoms with Crippen LogP contribution >= 0.6 is 0 Å². The van der Waals surface area contributed by atoms with Crippen molar-refractivity contribution < 1.29 is 8.22 Å². The van der Waals surface area contributed by atoms with E-state index in [4.69, 9.17) is 0 Å². The highest BCUT2D eigenvalue weighted by Gasteiger charge is 2.38. The molecule has 0 heterocycles. The van der Waals surface area contributed by atoms with Crippen molar-refractivity contribution >= 4 is 37.0 Å². The highest BCUT2D eigenvalue weighted by Crippen LogP contribution is 2.14. The zero-order valence-corrected chi connectivity index (χ0v) is 19.5. The molecule has 0 aromatic heterocycles. The van der Waals surface area contributed by atoms with E-state index in [1.807, 2.05) is 12.1 Å². The average Bonchev–Trinajstić information content (AvgIpc) is 2.58. The number of halogens is 2. The summed E-state index contributed by atoms with van der Waals surface area (Å²) in [6.45, 7) is 13.5. The number of hydrogen-bond acceptors (Lipinski definition) is 0. The van der Waals surface area contributed by atoms with Gasteiger partial charge in [0.15, 0.2) is 0 Å². The molecule has 0 N–H and O–H groups in total. The lowest BCUT2D eigenvalue weighted by atomic mass is 9.34. The highest BCUT2D eigenvalue weighted by atomic mass is 28.4. The molecule has 0 radical (unpaired) electrons. The Bertz CT molecular complexity index is 963. The Balaban J connectivity index is 2.44. The summed E-state index contributed by atoms with van der Waals surface area (Å²) in [6.07, 6.45) is 0. The number of aryl methyl sites for hydroxylation is 6. The predicted octanol–water partition coefficient (Wildman–Crippen LogP) is 4.27. The molecule has 150 valence electrons. The predicted molar refractivity (Wildman–Crippen MR) is 126 cm³/mol. The second-order valence-electron chi connectivity index (χ2n) is 8.53. The SMILES string of the molecule is Cc1cc(C)c(B(c2ccccc2[Si](C)(F)F)c2c(C)cc(C)cc2C)c(C)c1. The summed E-state index contributed by atoms with van der Waals surface area (Å²) in [5, 5.41) is 0.240. The maximum absolute atomic E-state index is 14.8. The quantitative estimate of drug-likeness (QED) is 0.449. The van der Waals surface area contributed by atoms with Gasteiger partial charge < -0.3 is 0 Å². The van der Waals surface area contributed by atoms with Gasteiger partial charge in [-0.3, -0.25) is 8.22 Å². The summed E-state index contributed by atoms with van der Waals surface area (Å²) in [7, 11) is -4.50. The van der Waals surface area contributed by atoms with Gasteiger partial charge in [-0.25, -0.2) is 0 Å². The second-order valence-corrected chi connectivity index (χ2v) is 10.8. The number of rotatable bonds is 4. The minimum Gasteiger partial charge on any atom is -0.265 e. The van der Waals surface area contributed by atoms with E-state index in [0.717, 1.165) is 45.2 Å². The molecule has 0 aliphatic carbocycles. The smallest absolute Gasteiger partial charge is 0.265 e. The van der Waals surface area contributed by atoms with Gasteiger partial charge in [-0.15, -0.1) is 0 Å². The van der Waals surface area contributed by atoms with Crippen LogP contribution < -0.4 is 21.6 Å². The van der Waals surface area contributed by atoms with E-state index in [0.29, 0.717) is 0 Å². The first kappa shape index (κ1) is 21.5. The lowest BCUT2D eigenvalue weighted by molar-refractivity contribution is 0.642. The first-order valence-corrected chi connectivity index (χ1v) is 12.4. The molecule has 0 bridgehead atoms. The Labute approximate surface area is 175 Å². The zero-order valence-electron chi connectivity index (χ0n) is 18.5. The minimum absolute atomic E-state index is 0.203. The van der Waals surface area contributed by atoms with Crippen LogP contribution in [0.15, 0.2) is 48.5 Å². The van der Waals surface area contributed by atoms with Crippen molar-refractivity contribution in [3.8, 4) is 0 Å². The lowest BCUT2D eigenvalue weighted by Crippen LogP contribution is -2.63. The third-order valence-electron chi connectivity index (χ3n) is 5.80. The molecule has 3 aromatic rings. The van der Waals surface area contributed by atoms with E-state index in [1.54, 1.807) is 12.1 Å². The summed E-state index contributed by atoms with van der Waals surface area (Å²) >= 11 is 0. The molecule has 0 saturated carbocycles. The molecule has 0 unspecified atom stereocenters. The third kappa shape index (κ3) is 4.23. The molecule has 3 rings (SSSR count). The topological polar surface area (TPSA) is 0 Å². The zero-order chi connectivity index (χ0) is 21.5. The lowest BCUT2D eigenvalue weighted by Gasteiger charge is -2.27. The van der Waals surface area contributed by atoms with Crippen LogP contribution in [0.1, 0.15) is 33.4 Å². The van der Waals surface area contributed by atoms with Crippen molar-refractivity contribution in [2.45, 2.75) is 48.1 Å². The average molecular weight is 406 g/mol. The Morgan fingerprint density at radius 3 is 1.41 bits per heavy atom. The Kier molecular flexibility index (Phi) is 5.86. The Morgan fingerprint density at radius 2 is 1.03 bits per heavy atom. The van der Waals surface area contributed by atoms with Crippen molar-refractivity contribution in [1.82, 2.24) is 0 Å². The number of hydrogen-bond donors (Lipinski definition) is 0. The maximum atomic E-state index is 14.8. The first-order chi connectivity index (χ1) is 13.5. The molecule has 0 aliphatic heterocycles. The monoisotopic (exact) mass is 406 g/mol. The van der Waals surface area contributed by atoms with Crippen molar-refractivity contribution in [3.63, 3.8) is 0 Å². The fourth-order valence-electron chi connectivity index (χ4n) is 4.90. The van der Waals surface area contributed by atoms with E-state index >= 15 is 0 Å². The summed E-state index contributed by atoms with van der Waals surface area (Å²) in [6, 6.07) is 15.8. The molecule has 4 heteroatoms. The van der Waals surface area contributed by atoms with Gasteiger partial charge in [0, 0.05) is 0 Å². The van der Waals surface area contributed by atoms with Crippen LogP contribution in [-0.2, 0) is 0 Å². The van der Waals surface area contributed by atoms with Gasteiger partial charge in [-0.1, -0.05) is 98.3 Å². The van der Waals surface area contributed by atoms with Crippen molar-refractivity contribution in [3.05, 3.63) is 81.9 Å². The Morgan fingerprint density at radius 1 is 0.655 bits per heavy atom. The molecule has 0 fully saturated rings. The van der Waals surface area contributed by atoms with Gasteiger partial charge in [0.1, 0.15) is 0 Å². The van der Waals surface area contributed by atoms with Gasteiger partial charge >= 0.3 is 8.74 Å². The van der Waals surface area contributed by atoms with Crippen LogP contribution in [0, 0.1) is 41.5 Å². The molecule has 29 heavy (non-hydrogen) atoms. The van der Waals surface area contributed by atoms with Crippen molar-refractivity contribution in [2.24, 2.45) is 0 Å². The standard InChI is InChI=1S/C25H29BF2Si/c1-16-12-18(3)24(19(4)13-16)26(25-20(5)14-17(2)15-21(25)6)22-10-8-9-11-23(22)29(7,27)28/h8-15H,1-7H3. The normalized spacial score (nSPS) is 11.6. The van der Waals surface area contributed by atoms with Crippen LogP contribution in [0.2, 0.25) is 6.55 Å². The van der Waals surface area contributed by atoms with Crippen LogP contribution in [0.3, 0.4) is 0 Å². The van der Waals surface area contributed by atoms with Gasteiger partial charge in [0.25, 0.3) is 0 Å². The largest absolute Gasteiger partial charge is 0.452 e. The van der Waals surface area contributed by atoms with Crippen molar-refractivity contribution in [1.29, 1.82) is 0 Å². The molecule has 0 saturated heterocycles. The van der Waals surface area contributed by atoms with E-state index < -0.39 is 8.74 Å². The highest BCUT2D eigenvalue weighted by molar-refractivity contribution is 7.00. The summed E-state index contributed by atoms with van der Waals surface area (Å²) in [5.41, 5.74) is 10.1. The molecule has 0 amide bonds. The van der Waals surface area contributed by atoms with Crippen LogP contribution in [0.5, 0.6) is 0 Å². The summed E-state index contributed by atoms with van der Waals surface area (Å²) in [4.78, 5) is 0. The third-order valence-corrected chi connectivity index (χ3v) is 7.20. The van der Waals surface area contributed by atoms with Crippen LogP contribution in [0.25, 0.3) is 0 Å². The van der Waals surface area contributed by atoms with Crippen LogP contribution in [-0.4, -0.2) is 15.5 Å². The van der Waals surface area contributed by atoms with E-state index in [2.05, 4.69) is 65.8 Å². The van der Waals surface area contributed by atoms with E-state index in [9.17, 15) is 8.22 Å². The fraction of sp³-hybridized carbons (Fsp3) is 0.280. The first-order valence-electron chi connectivity index (χ1n) is 10.1. The summed E-state index contributed by atoms with van der Waals surface area (Å²) < 4.78 is 29.6. The van der Waals surface area contributed by atoms with E-state index in [-0.39, 0.29) is 11.9 Å². The Hall–Kier alpha value is -2.20. The molecular formula is C25H29BF2Si. The molecule has 0 spiro atoms. The fourth-order valence-corrected chi connectivity index (χ4v) is 6.02. The number of benzene rings is 3. The molecular weight excluding hydrogens is 377 g/mol.